The van der Waals surface area contributed by atoms with Gasteiger partial charge in [-0.15, -0.1) is 0 Å². The number of unbranched alkanes of at least 4 members (excludes halogenated alkanes) is 1. The van der Waals surface area contributed by atoms with Crippen molar-refractivity contribution < 1.29 is 9.59 Å². The Morgan fingerprint density at radius 3 is 2.33 bits per heavy atom. The maximum atomic E-state index is 11.5. The van der Waals surface area contributed by atoms with Gasteiger partial charge in [0.15, 0.2) is 0 Å². The van der Waals surface area contributed by atoms with Crippen LogP contribution in [0.4, 0.5) is 0 Å². The lowest BCUT2D eigenvalue weighted by molar-refractivity contribution is -0.128. The Kier molecular flexibility index (Phi) is 5.93. The summed E-state index contributed by atoms with van der Waals surface area (Å²) in [5.41, 5.74) is 9.91. The smallest absolute Gasteiger partial charge is 0.226 e. The van der Waals surface area contributed by atoms with Gasteiger partial charge in [-0.3, -0.25) is 9.59 Å². The highest BCUT2D eigenvalue weighted by Crippen LogP contribution is 2.11. The molecule has 0 atom stereocenters. The van der Waals surface area contributed by atoms with E-state index < -0.39 is 5.41 Å². The number of nitrogens with one attached hydrogen (secondary N) is 1. The van der Waals surface area contributed by atoms with Gasteiger partial charge in [0.25, 0.3) is 0 Å². The summed E-state index contributed by atoms with van der Waals surface area (Å²) < 4.78 is 0. The number of carbonyl (C=O) groups is 2. The van der Waals surface area contributed by atoms with Crippen molar-refractivity contribution in [1.82, 2.24) is 5.32 Å². The fourth-order valence-electron chi connectivity index (χ4n) is 0.958. The first-order chi connectivity index (χ1) is 6.90. The molecule has 0 aliphatic heterocycles. The largest absolute Gasteiger partial charge is 0.370 e. The van der Waals surface area contributed by atoms with Gasteiger partial charge < -0.3 is 16.8 Å². The molecule has 88 valence electrons. The van der Waals surface area contributed by atoms with E-state index in [1.807, 2.05) is 0 Å². The maximum Gasteiger partial charge on any atom is 0.226 e. The van der Waals surface area contributed by atoms with Gasteiger partial charge in [-0.2, -0.15) is 0 Å². The van der Waals surface area contributed by atoms with Crippen LogP contribution in [-0.4, -0.2) is 24.9 Å². The summed E-state index contributed by atoms with van der Waals surface area (Å²) in [6, 6.07) is 0. The van der Waals surface area contributed by atoms with E-state index in [0.717, 1.165) is 6.42 Å². The van der Waals surface area contributed by atoms with Crippen molar-refractivity contribution in [3.05, 3.63) is 0 Å². The predicted octanol–water partition coefficient (Wildman–Crippen LogP) is -0.257. The van der Waals surface area contributed by atoms with Crippen LogP contribution in [0.15, 0.2) is 0 Å². The van der Waals surface area contributed by atoms with Crippen molar-refractivity contribution in [2.24, 2.45) is 16.9 Å². The van der Waals surface area contributed by atoms with Gasteiger partial charge in [-0.1, -0.05) is 0 Å². The van der Waals surface area contributed by atoms with Gasteiger partial charge in [0.2, 0.25) is 11.8 Å². The highest BCUT2D eigenvalue weighted by atomic mass is 16.2. The van der Waals surface area contributed by atoms with Crippen molar-refractivity contribution in [1.29, 1.82) is 0 Å². The van der Waals surface area contributed by atoms with Crippen LogP contribution in [0, 0.1) is 5.41 Å². The molecule has 0 aliphatic carbocycles. The highest BCUT2D eigenvalue weighted by Gasteiger charge is 2.24. The number of hydrogen-bond acceptors (Lipinski definition) is 3. The summed E-state index contributed by atoms with van der Waals surface area (Å²) in [6.07, 6.45) is 1.84. The van der Waals surface area contributed by atoms with Gasteiger partial charge in [-0.05, 0) is 26.7 Å². The summed E-state index contributed by atoms with van der Waals surface area (Å²) in [5, 5.41) is 2.78. The fraction of sp³-hybridized carbons (Fsp3) is 0.800. The Bertz CT molecular complexity index is 227. The van der Waals surface area contributed by atoms with E-state index in [1.165, 1.54) is 0 Å². The van der Waals surface area contributed by atoms with E-state index in [0.29, 0.717) is 25.9 Å². The first kappa shape index (κ1) is 13.9. The van der Waals surface area contributed by atoms with Crippen LogP contribution < -0.4 is 16.8 Å². The molecule has 0 aromatic rings. The van der Waals surface area contributed by atoms with Crippen molar-refractivity contribution >= 4 is 11.8 Å². The molecule has 0 fully saturated rings. The number of amides is 2. The van der Waals surface area contributed by atoms with Gasteiger partial charge in [0.05, 0.1) is 5.41 Å². The first-order valence-corrected chi connectivity index (χ1v) is 5.17. The molecule has 0 aliphatic rings. The molecule has 0 aromatic heterocycles. The van der Waals surface area contributed by atoms with Crippen LogP contribution in [0.1, 0.15) is 33.1 Å². The normalized spacial score (nSPS) is 11.1. The minimum absolute atomic E-state index is 0.0518. The van der Waals surface area contributed by atoms with Gasteiger partial charge in [-0.25, -0.2) is 0 Å². The second-order valence-electron chi connectivity index (χ2n) is 4.27. The zero-order chi connectivity index (χ0) is 11.9. The lowest BCUT2D eigenvalue weighted by Gasteiger charge is -2.21. The monoisotopic (exact) mass is 215 g/mol. The van der Waals surface area contributed by atoms with Crippen LogP contribution in [0.3, 0.4) is 0 Å². The van der Waals surface area contributed by atoms with Crippen molar-refractivity contribution in [2.75, 3.05) is 13.1 Å². The fourth-order valence-corrected chi connectivity index (χ4v) is 0.958. The molecular weight excluding hydrogens is 194 g/mol. The number of primary amides is 1. The van der Waals surface area contributed by atoms with Crippen LogP contribution in [0.25, 0.3) is 0 Å². The Hall–Kier alpha value is -1.10. The summed E-state index contributed by atoms with van der Waals surface area (Å²) in [5.74, 6) is -0.354. The number of hydrogen-bond donors (Lipinski definition) is 3. The minimum atomic E-state index is -0.524. The standard InChI is InChI=1S/C10H21N3O2/c1-10(2,7-11)9(15)13-6-4-3-5-8(12)14/h3-7,11H2,1-2H3,(H2,12,14)(H,13,15). The lowest BCUT2D eigenvalue weighted by atomic mass is 9.93. The second kappa shape index (κ2) is 6.40. The molecule has 0 saturated carbocycles. The Morgan fingerprint density at radius 2 is 1.87 bits per heavy atom. The quantitative estimate of drug-likeness (QED) is 0.510. The molecule has 15 heavy (non-hydrogen) atoms. The Balaban J connectivity index is 3.60. The molecule has 0 aromatic carbocycles. The SMILES string of the molecule is CC(C)(CN)C(=O)NCCCCC(N)=O. The van der Waals surface area contributed by atoms with E-state index in [-0.39, 0.29) is 11.8 Å². The van der Waals surface area contributed by atoms with Crippen molar-refractivity contribution in [3.63, 3.8) is 0 Å². The molecule has 5 heteroatoms. The molecule has 0 bridgehead atoms. The summed E-state index contributed by atoms with van der Waals surface area (Å²) in [7, 11) is 0. The topological polar surface area (TPSA) is 98.2 Å². The van der Waals surface area contributed by atoms with E-state index in [1.54, 1.807) is 13.8 Å². The molecule has 5 N–H and O–H groups in total. The van der Waals surface area contributed by atoms with E-state index in [2.05, 4.69) is 5.32 Å². The van der Waals surface area contributed by atoms with Crippen molar-refractivity contribution in [2.45, 2.75) is 33.1 Å². The molecular formula is C10H21N3O2. The number of rotatable bonds is 7. The molecule has 2 amide bonds. The lowest BCUT2D eigenvalue weighted by Crippen LogP contribution is -2.42. The third-order valence-electron chi connectivity index (χ3n) is 2.26. The number of nitrogens with two attached hydrogens (primary N) is 2. The van der Waals surface area contributed by atoms with Crippen LogP contribution in [0.2, 0.25) is 0 Å². The van der Waals surface area contributed by atoms with E-state index in [4.69, 9.17) is 11.5 Å². The summed E-state index contributed by atoms with van der Waals surface area (Å²) in [6.45, 7) is 4.48. The Morgan fingerprint density at radius 1 is 1.27 bits per heavy atom. The van der Waals surface area contributed by atoms with Crippen molar-refractivity contribution in [3.8, 4) is 0 Å². The average Bonchev–Trinajstić information content (AvgIpc) is 2.16. The van der Waals surface area contributed by atoms with E-state index >= 15 is 0 Å². The molecule has 0 rings (SSSR count). The molecule has 0 heterocycles. The predicted molar refractivity (Wildman–Crippen MR) is 58.9 cm³/mol. The summed E-state index contributed by atoms with van der Waals surface area (Å²) in [4.78, 5) is 21.9. The second-order valence-corrected chi connectivity index (χ2v) is 4.27. The zero-order valence-corrected chi connectivity index (χ0v) is 9.51. The minimum Gasteiger partial charge on any atom is -0.370 e. The third-order valence-corrected chi connectivity index (χ3v) is 2.26. The first-order valence-electron chi connectivity index (χ1n) is 5.17. The van der Waals surface area contributed by atoms with Crippen LogP contribution in [-0.2, 0) is 9.59 Å². The van der Waals surface area contributed by atoms with Crippen LogP contribution >= 0.6 is 0 Å². The van der Waals surface area contributed by atoms with E-state index in [9.17, 15) is 9.59 Å². The Labute approximate surface area is 90.6 Å². The number of carbonyl (C=O) groups excluding carboxylic acids is 2. The maximum absolute atomic E-state index is 11.5. The molecule has 0 radical (unpaired) electrons. The molecule has 0 spiro atoms. The zero-order valence-electron chi connectivity index (χ0n) is 9.51. The molecule has 0 unspecified atom stereocenters. The molecule has 0 saturated heterocycles. The molecule has 5 nitrogen and oxygen atoms in total. The van der Waals surface area contributed by atoms with Gasteiger partial charge >= 0.3 is 0 Å². The average molecular weight is 215 g/mol. The van der Waals surface area contributed by atoms with Gasteiger partial charge in [0, 0.05) is 19.5 Å². The van der Waals surface area contributed by atoms with Crippen LogP contribution in [0.5, 0.6) is 0 Å². The summed E-state index contributed by atoms with van der Waals surface area (Å²) >= 11 is 0. The van der Waals surface area contributed by atoms with Gasteiger partial charge in [0.1, 0.15) is 0 Å². The highest BCUT2D eigenvalue weighted by molar-refractivity contribution is 5.82. The third kappa shape index (κ3) is 6.06.